The highest BCUT2D eigenvalue weighted by molar-refractivity contribution is 5.90. The van der Waals surface area contributed by atoms with E-state index in [0.29, 0.717) is 12.3 Å². The molecular formula is C16H26O. The Hall–Kier alpha value is -0.850. The first-order chi connectivity index (χ1) is 7.97. The van der Waals surface area contributed by atoms with Crippen LogP contribution in [0.25, 0.3) is 0 Å². The topological polar surface area (TPSA) is 17.1 Å². The summed E-state index contributed by atoms with van der Waals surface area (Å²) in [4.78, 5) is 11.9. The molecule has 1 unspecified atom stereocenters. The molecule has 0 aromatic carbocycles. The van der Waals surface area contributed by atoms with Crippen LogP contribution >= 0.6 is 0 Å². The van der Waals surface area contributed by atoms with E-state index in [2.05, 4.69) is 33.8 Å². The van der Waals surface area contributed by atoms with Crippen molar-refractivity contribution in [2.24, 2.45) is 11.3 Å². The minimum Gasteiger partial charge on any atom is -0.295 e. The minimum atomic E-state index is 0.271. The van der Waals surface area contributed by atoms with Gasteiger partial charge in [-0.25, -0.2) is 0 Å². The number of carbonyl (C=O) groups excluding carboxylic acids is 1. The SMILES string of the molecule is CCCC=CC(=O)CC1C(C)=CCCC1(C)C. The summed E-state index contributed by atoms with van der Waals surface area (Å²) < 4.78 is 0. The first kappa shape index (κ1) is 14.2. The van der Waals surface area contributed by atoms with Crippen LogP contribution < -0.4 is 0 Å². The molecule has 0 heterocycles. The number of ketones is 1. The van der Waals surface area contributed by atoms with Gasteiger partial charge in [0.2, 0.25) is 0 Å². The van der Waals surface area contributed by atoms with E-state index in [0.717, 1.165) is 19.3 Å². The van der Waals surface area contributed by atoms with Gasteiger partial charge in [-0.3, -0.25) is 4.79 Å². The van der Waals surface area contributed by atoms with Gasteiger partial charge < -0.3 is 0 Å². The third-order valence-corrected chi connectivity index (χ3v) is 3.91. The fourth-order valence-corrected chi connectivity index (χ4v) is 2.69. The third kappa shape index (κ3) is 4.14. The van der Waals surface area contributed by atoms with Gasteiger partial charge in [-0.05, 0) is 43.6 Å². The molecule has 0 aromatic heterocycles. The number of carbonyl (C=O) groups is 1. The van der Waals surface area contributed by atoms with Gasteiger partial charge in [0.15, 0.2) is 5.78 Å². The lowest BCUT2D eigenvalue weighted by Gasteiger charge is -2.38. The first-order valence-electron chi connectivity index (χ1n) is 6.83. The molecule has 0 N–H and O–H groups in total. The molecule has 0 bridgehead atoms. The molecule has 0 aliphatic heterocycles. The van der Waals surface area contributed by atoms with Crippen LogP contribution in [0.1, 0.15) is 59.8 Å². The summed E-state index contributed by atoms with van der Waals surface area (Å²) in [6.07, 6.45) is 11.2. The van der Waals surface area contributed by atoms with E-state index in [4.69, 9.17) is 0 Å². The second-order valence-electron chi connectivity index (χ2n) is 5.89. The molecule has 17 heavy (non-hydrogen) atoms. The molecule has 96 valence electrons. The molecule has 0 saturated heterocycles. The molecule has 1 atom stereocenters. The molecule has 0 spiro atoms. The predicted molar refractivity (Wildman–Crippen MR) is 73.9 cm³/mol. The zero-order valence-corrected chi connectivity index (χ0v) is 11.8. The average molecular weight is 234 g/mol. The maximum Gasteiger partial charge on any atom is 0.155 e. The van der Waals surface area contributed by atoms with Crippen LogP contribution in [-0.2, 0) is 4.79 Å². The van der Waals surface area contributed by atoms with Gasteiger partial charge in [0.1, 0.15) is 0 Å². The van der Waals surface area contributed by atoms with Crippen LogP contribution in [0.4, 0.5) is 0 Å². The lowest BCUT2D eigenvalue weighted by molar-refractivity contribution is -0.116. The van der Waals surface area contributed by atoms with E-state index in [1.807, 2.05) is 6.08 Å². The van der Waals surface area contributed by atoms with E-state index >= 15 is 0 Å². The lowest BCUT2D eigenvalue weighted by atomic mass is 9.67. The van der Waals surface area contributed by atoms with E-state index < -0.39 is 0 Å². The Balaban J connectivity index is 2.62. The normalized spacial score (nSPS) is 23.8. The van der Waals surface area contributed by atoms with Crippen LogP contribution in [0, 0.1) is 11.3 Å². The van der Waals surface area contributed by atoms with Crippen molar-refractivity contribution in [3.05, 3.63) is 23.8 Å². The fourth-order valence-electron chi connectivity index (χ4n) is 2.69. The lowest BCUT2D eigenvalue weighted by Crippen LogP contribution is -2.29. The van der Waals surface area contributed by atoms with E-state index in [1.165, 1.54) is 12.0 Å². The van der Waals surface area contributed by atoms with Crippen LogP contribution in [0.2, 0.25) is 0 Å². The molecule has 1 nitrogen and oxygen atoms in total. The fraction of sp³-hybridized carbons (Fsp3) is 0.688. The summed E-state index contributed by atoms with van der Waals surface area (Å²) in [5.74, 6) is 0.709. The van der Waals surface area contributed by atoms with Crippen LogP contribution in [0.5, 0.6) is 0 Å². The molecule has 1 rings (SSSR count). The second kappa shape index (κ2) is 6.18. The van der Waals surface area contributed by atoms with E-state index in [-0.39, 0.29) is 11.2 Å². The van der Waals surface area contributed by atoms with Crippen molar-refractivity contribution in [1.82, 2.24) is 0 Å². The van der Waals surface area contributed by atoms with E-state index in [1.54, 1.807) is 6.08 Å². The number of allylic oxidation sites excluding steroid dienone is 4. The summed E-state index contributed by atoms with van der Waals surface area (Å²) in [7, 11) is 0. The Labute approximate surface area is 106 Å². The van der Waals surface area contributed by atoms with Gasteiger partial charge >= 0.3 is 0 Å². The van der Waals surface area contributed by atoms with Crippen molar-refractivity contribution in [2.75, 3.05) is 0 Å². The molecule has 0 radical (unpaired) electrons. The molecule has 1 aliphatic carbocycles. The van der Waals surface area contributed by atoms with E-state index in [9.17, 15) is 4.79 Å². The summed E-state index contributed by atoms with van der Waals surface area (Å²) in [5.41, 5.74) is 1.67. The zero-order valence-electron chi connectivity index (χ0n) is 11.8. The van der Waals surface area contributed by atoms with Crippen molar-refractivity contribution in [2.45, 2.75) is 59.8 Å². The summed E-state index contributed by atoms with van der Waals surface area (Å²) in [6, 6.07) is 0. The molecule has 0 aromatic rings. The Bertz CT molecular complexity index is 320. The quantitative estimate of drug-likeness (QED) is 0.498. The minimum absolute atomic E-state index is 0.271. The summed E-state index contributed by atoms with van der Waals surface area (Å²) in [5, 5.41) is 0. The number of hydrogen-bond donors (Lipinski definition) is 0. The Morgan fingerprint density at radius 3 is 2.82 bits per heavy atom. The van der Waals surface area contributed by atoms with Gasteiger partial charge in [-0.2, -0.15) is 0 Å². The van der Waals surface area contributed by atoms with Crippen molar-refractivity contribution < 1.29 is 4.79 Å². The van der Waals surface area contributed by atoms with Crippen LogP contribution in [0.15, 0.2) is 23.8 Å². The van der Waals surface area contributed by atoms with Gasteiger partial charge in [0, 0.05) is 6.42 Å². The highest BCUT2D eigenvalue weighted by atomic mass is 16.1. The Morgan fingerprint density at radius 1 is 1.53 bits per heavy atom. The first-order valence-corrected chi connectivity index (χ1v) is 6.83. The number of rotatable bonds is 5. The second-order valence-corrected chi connectivity index (χ2v) is 5.89. The van der Waals surface area contributed by atoms with Crippen LogP contribution in [-0.4, -0.2) is 5.78 Å². The summed E-state index contributed by atoms with van der Waals surface area (Å²) >= 11 is 0. The number of hydrogen-bond acceptors (Lipinski definition) is 1. The zero-order chi connectivity index (χ0) is 12.9. The summed E-state index contributed by atoms with van der Waals surface area (Å²) in [6.45, 7) is 8.88. The highest BCUT2D eigenvalue weighted by Crippen LogP contribution is 2.42. The Morgan fingerprint density at radius 2 is 2.24 bits per heavy atom. The molecule has 1 heteroatoms. The van der Waals surface area contributed by atoms with Crippen molar-refractivity contribution in [3.63, 3.8) is 0 Å². The van der Waals surface area contributed by atoms with Crippen molar-refractivity contribution >= 4 is 5.78 Å². The number of unbranched alkanes of at least 4 members (excludes halogenated alkanes) is 1. The van der Waals surface area contributed by atoms with Gasteiger partial charge in [0.25, 0.3) is 0 Å². The third-order valence-electron chi connectivity index (χ3n) is 3.91. The largest absolute Gasteiger partial charge is 0.295 e. The monoisotopic (exact) mass is 234 g/mol. The molecule has 1 aliphatic rings. The molecule has 0 fully saturated rings. The van der Waals surface area contributed by atoms with Gasteiger partial charge in [-0.15, -0.1) is 0 Å². The van der Waals surface area contributed by atoms with Crippen LogP contribution in [0.3, 0.4) is 0 Å². The standard InChI is InChI=1S/C16H26O/c1-5-6-7-10-14(17)12-15-13(2)9-8-11-16(15,3)4/h7,9-10,15H,5-6,8,11-12H2,1-4H3. The average Bonchev–Trinajstić information content (AvgIpc) is 2.24. The molecular weight excluding hydrogens is 208 g/mol. The smallest absolute Gasteiger partial charge is 0.155 e. The maximum absolute atomic E-state index is 11.9. The Kier molecular flexibility index (Phi) is 5.17. The highest BCUT2D eigenvalue weighted by Gasteiger charge is 2.33. The van der Waals surface area contributed by atoms with Crippen molar-refractivity contribution in [3.8, 4) is 0 Å². The maximum atomic E-state index is 11.9. The van der Waals surface area contributed by atoms with Gasteiger partial charge in [-0.1, -0.05) is 44.9 Å². The molecule has 0 amide bonds. The van der Waals surface area contributed by atoms with Crippen molar-refractivity contribution in [1.29, 1.82) is 0 Å². The molecule has 0 saturated carbocycles. The van der Waals surface area contributed by atoms with Gasteiger partial charge in [0.05, 0.1) is 0 Å². The predicted octanol–water partition coefficient (Wildman–Crippen LogP) is 4.68.